The van der Waals surface area contributed by atoms with Gasteiger partial charge < -0.3 is 9.31 Å². The van der Waals surface area contributed by atoms with E-state index in [9.17, 15) is 0 Å². The first-order valence-electron chi connectivity index (χ1n) is 14.0. The highest BCUT2D eigenvalue weighted by Gasteiger charge is 2.51. The predicted molar refractivity (Wildman–Crippen MR) is 155 cm³/mol. The molecule has 5 rings (SSSR count). The van der Waals surface area contributed by atoms with E-state index in [1.54, 1.807) is 0 Å². The Kier molecular flexibility index (Phi) is 6.87. The van der Waals surface area contributed by atoms with Gasteiger partial charge in [0.2, 0.25) is 0 Å². The third-order valence-corrected chi connectivity index (χ3v) is 8.72. The highest BCUT2D eigenvalue weighted by Crippen LogP contribution is 2.38. The van der Waals surface area contributed by atoms with Crippen LogP contribution in [-0.4, -0.2) is 23.3 Å². The van der Waals surface area contributed by atoms with Crippen molar-refractivity contribution >= 4 is 12.6 Å². The van der Waals surface area contributed by atoms with Crippen LogP contribution >= 0.6 is 0 Å². The molecule has 2 fully saturated rings. The minimum atomic E-state index is -0.401. The van der Waals surface area contributed by atoms with E-state index in [1.807, 2.05) is 6.20 Å². The normalized spacial score (nSPS) is 19.8. The Morgan fingerprint density at radius 1 is 0.757 bits per heavy atom. The molecule has 1 saturated heterocycles. The number of hydrogen-bond acceptors (Lipinski definition) is 3. The molecule has 194 valence electrons. The van der Waals surface area contributed by atoms with E-state index in [1.165, 1.54) is 54.4 Å². The van der Waals surface area contributed by atoms with Crippen LogP contribution in [0, 0.1) is 0 Å². The fourth-order valence-electron chi connectivity index (χ4n) is 5.50. The second-order valence-electron chi connectivity index (χ2n) is 13.1. The molecule has 1 aromatic heterocycles. The van der Waals surface area contributed by atoms with Crippen LogP contribution in [0.3, 0.4) is 0 Å². The predicted octanol–water partition coefficient (Wildman–Crippen LogP) is 8.06. The zero-order valence-electron chi connectivity index (χ0n) is 23.7. The molecule has 0 bridgehead atoms. The summed E-state index contributed by atoms with van der Waals surface area (Å²) in [5.74, 6) is 0.726. The fourth-order valence-corrected chi connectivity index (χ4v) is 5.50. The summed E-state index contributed by atoms with van der Waals surface area (Å²) >= 11 is 0. The van der Waals surface area contributed by atoms with E-state index in [0.717, 1.165) is 22.6 Å². The molecule has 0 N–H and O–H groups in total. The Balaban J connectivity index is 1.48. The van der Waals surface area contributed by atoms with Crippen molar-refractivity contribution in [1.82, 2.24) is 4.98 Å². The highest BCUT2D eigenvalue weighted by atomic mass is 16.7. The molecule has 3 aromatic rings. The van der Waals surface area contributed by atoms with Crippen LogP contribution in [0.25, 0.3) is 22.4 Å². The lowest BCUT2D eigenvalue weighted by molar-refractivity contribution is 0.00578. The lowest BCUT2D eigenvalue weighted by Gasteiger charge is -2.32. The van der Waals surface area contributed by atoms with Crippen molar-refractivity contribution in [2.75, 3.05) is 0 Å². The van der Waals surface area contributed by atoms with Crippen molar-refractivity contribution in [3.05, 3.63) is 71.9 Å². The van der Waals surface area contributed by atoms with Gasteiger partial charge in [-0.1, -0.05) is 76.4 Å². The monoisotopic (exact) mass is 495 g/mol. The molecule has 1 aliphatic heterocycles. The molecular weight excluding hydrogens is 453 g/mol. The van der Waals surface area contributed by atoms with Crippen molar-refractivity contribution in [3.63, 3.8) is 0 Å². The van der Waals surface area contributed by atoms with Gasteiger partial charge in [-0.2, -0.15) is 0 Å². The van der Waals surface area contributed by atoms with Gasteiger partial charge in [-0.05, 0) is 97.8 Å². The second-order valence-corrected chi connectivity index (χ2v) is 13.1. The summed E-state index contributed by atoms with van der Waals surface area (Å²) in [6, 6.07) is 20.3. The maximum absolute atomic E-state index is 6.42. The Labute approximate surface area is 224 Å². The Bertz CT molecular complexity index is 1230. The quantitative estimate of drug-likeness (QED) is 0.343. The average Bonchev–Trinajstić information content (AvgIpc) is 3.10. The maximum atomic E-state index is 6.42. The van der Waals surface area contributed by atoms with Crippen LogP contribution in [0.1, 0.15) is 97.6 Å². The molecule has 1 saturated carbocycles. The zero-order chi connectivity index (χ0) is 26.4. The van der Waals surface area contributed by atoms with Crippen molar-refractivity contribution in [2.24, 2.45) is 0 Å². The van der Waals surface area contributed by atoms with Gasteiger partial charge in [0.05, 0.1) is 16.9 Å². The van der Waals surface area contributed by atoms with Crippen LogP contribution in [0.5, 0.6) is 0 Å². The van der Waals surface area contributed by atoms with Gasteiger partial charge >= 0.3 is 7.12 Å². The molecule has 0 unspecified atom stereocenters. The molecule has 2 aromatic carbocycles. The smallest absolute Gasteiger partial charge is 0.399 e. The van der Waals surface area contributed by atoms with Crippen LogP contribution in [-0.2, 0) is 14.7 Å². The summed E-state index contributed by atoms with van der Waals surface area (Å²) in [4.78, 5) is 4.79. The number of pyridine rings is 1. The molecule has 0 radical (unpaired) electrons. The Morgan fingerprint density at radius 2 is 1.41 bits per heavy atom. The average molecular weight is 496 g/mol. The summed E-state index contributed by atoms with van der Waals surface area (Å²) in [6.07, 6.45) is 8.70. The van der Waals surface area contributed by atoms with E-state index in [-0.39, 0.29) is 16.6 Å². The summed E-state index contributed by atoms with van der Waals surface area (Å²) < 4.78 is 12.8. The molecule has 0 atom stereocenters. The third-order valence-electron chi connectivity index (χ3n) is 8.72. The number of hydrogen-bond donors (Lipinski definition) is 0. The van der Waals surface area contributed by atoms with Gasteiger partial charge in [0.25, 0.3) is 0 Å². The molecule has 2 heterocycles. The van der Waals surface area contributed by atoms with Crippen molar-refractivity contribution in [3.8, 4) is 22.4 Å². The Morgan fingerprint density at radius 3 is 2.03 bits per heavy atom. The summed E-state index contributed by atoms with van der Waals surface area (Å²) in [7, 11) is -0.401. The van der Waals surface area contributed by atoms with Crippen molar-refractivity contribution in [2.45, 2.75) is 103 Å². The van der Waals surface area contributed by atoms with Gasteiger partial charge in [-0.3, -0.25) is 4.98 Å². The summed E-state index contributed by atoms with van der Waals surface area (Å²) in [5, 5.41) is 0. The molecule has 2 aliphatic rings. The Hall–Kier alpha value is -2.43. The zero-order valence-corrected chi connectivity index (χ0v) is 23.7. The van der Waals surface area contributed by atoms with E-state index in [0.29, 0.717) is 0 Å². The molecule has 0 amide bonds. The second kappa shape index (κ2) is 9.71. The number of nitrogens with zero attached hydrogens (tertiary/aromatic N) is 1. The van der Waals surface area contributed by atoms with Gasteiger partial charge in [0, 0.05) is 11.8 Å². The van der Waals surface area contributed by atoms with E-state index in [2.05, 4.69) is 103 Å². The first-order valence-corrected chi connectivity index (χ1v) is 14.0. The molecule has 37 heavy (non-hydrogen) atoms. The first-order chi connectivity index (χ1) is 17.4. The van der Waals surface area contributed by atoms with Crippen LogP contribution in [0.2, 0.25) is 0 Å². The molecule has 1 aliphatic carbocycles. The lowest BCUT2D eigenvalue weighted by atomic mass is 9.74. The SMILES string of the molecule is CC(C)(C)c1cc(B2OC(C)(C)C(C)(C)O2)cc(-c2cc(-c3ccc(C4CCCCC4)cc3)ccn2)c1. The van der Waals surface area contributed by atoms with Gasteiger partial charge in [-0.25, -0.2) is 0 Å². The van der Waals surface area contributed by atoms with Crippen LogP contribution < -0.4 is 5.46 Å². The van der Waals surface area contributed by atoms with Gasteiger partial charge in [-0.15, -0.1) is 0 Å². The van der Waals surface area contributed by atoms with E-state index in [4.69, 9.17) is 14.3 Å². The highest BCUT2D eigenvalue weighted by molar-refractivity contribution is 6.62. The third kappa shape index (κ3) is 5.42. The van der Waals surface area contributed by atoms with Crippen molar-refractivity contribution < 1.29 is 9.31 Å². The summed E-state index contributed by atoms with van der Waals surface area (Å²) in [5.41, 5.74) is 7.51. The van der Waals surface area contributed by atoms with Crippen LogP contribution in [0.4, 0.5) is 0 Å². The van der Waals surface area contributed by atoms with Crippen molar-refractivity contribution in [1.29, 1.82) is 0 Å². The fraction of sp³-hybridized carbons (Fsp3) is 0.485. The number of aromatic nitrogens is 1. The minimum Gasteiger partial charge on any atom is -0.399 e. The van der Waals surface area contributed by atoms with E-state index >= 15 is 0 Å². The number of benzene rings is 2. The molecular formula is C33H42BNO2. The standard InChI is InChI=1S/C33H42BNO2/c1-31(2,3)28-19-27(20-29(22-28)34-36-32(4,5)33(6,7)37-34)30-21-26(17-18-35-30)25-15-13-24(14-16-25)23-11-9-8-10-12-23/h13-23H,8-12H2,1-7H3. The van der Waals surface area contributed by atoms with E-state index < -0.39 is 7.12 Å². The molecule has 3 nitrogen and oxygen atoms in total. The summed E-state index contributed by atoms with van der Waals surface area (Å²) in [6.45, 7) is 15.2. The van der Waals surface area contributed by atoms with Crippen LogP contribution in [0.15, 0.2) is 60.8 Å². The first kappa shape index (κ1) is 26.2. The maximum Gasteiger partial charge on any atom is 0.494 e. The van der Waals surface area contributed by atoms with Gasteiger partial charge in [0.15, 0.2) is 0 Å². The largest absolute Gasteiger partial charge is 0.494 e. The number of rotatable bonds is 4. The topological polar surface area (TPSA) is 31.4 Å². The lowest BCUT2D eigenvalue weighted by Crippen LogP contribution is -2.41. The molecule has 0 spiro atoms. The minimum absolute atomic E-state index is 0.0129. The van der Waals surface area contributed by atoms with Gasteiger partial charge in [0.1, 0.15) is 0 Å². The molecule has 4 heteroatoms.